The van der Waals surface area contributed by atoms with Gasteiger partial charge in [-0.05, 0) is 46.8 Å². The maximum Gasteiger partial charge on any atom is 0.335 e. The molecular formula is C19H15N3O4S. The van der Waals surface area contributed by atoms with Crippen LogP contribution in [0.5, 0.6) is 0 Å². The van der Waals surface area contributed by atoms with Gasteiger partial charge in [0.25, 0.3) is 5.91 Å². The summed E-state index contributed by atoms with van der Waals surface area (Å²) >= 11 is 1.20. The highest BCUT2D eigenvalue weighted by Crippen LogP contribution is 2.24. The molecule has 0 aliphatic rings. The summed E-state index contributed by atoms with van der Waals surface area (Å²) in [6, 6.07) is 14.6. The number of carboxylic acid groups (broad SMARTS) is 1. The first-order valence-corrected chi connectivity index (χ1v) is 8.71. The van der Waals surface area contributed by atoms with Crippen LogP contribution in [-0.4, -0.2) is 23.0 Å². The van der Waals surface area contributed by atoms with Crippen LogP contribution in [0, 0.1) is 0 Å². The Bertz CT molecular complexity index is 1010. The number of rotatable bonds is 5. The highest BCUT2D eigenvalue weighted by atomic mass is 32.1. The third-order valence-electron chi connectivity index (χ3n) is 3.74. The molecule has 0 radical (unpaired) electrons. The van der Waals surface area contributed by atoms with Gasteiger partial charge in [0.2, 0.25) is 0 Å². The molecule has 27 heavy (non-hydrogen) atoms. The number of carboxylic acids is 1. The van der Waals surface area contributed by atoms with Gasteiger partial charge < -0.3 is 16.2 Å². The summed E-state index contributed by atoms with van der Waals surface area (Å²) in [5, 5.41) is 16.4. The molecule has 0 bridgehead atoms. The number of nitrogens with one attached hydrogen (secondary N) is 2. The van der Waals surface area contributed by atoms with Crippen LogP contribution < -0.4 is 16.4 Å². The maximum atomic E-state index is 12.1. The maximum absolute atomic E-state index is 12.1. The van der Waals surface area contributed by atoms with Crippen molar-refractivity contribution in [3.05, 3.63) is 71.1 Å². The van der Waals surface area contributed by atoms with Crippen molar-refractivity contribution < 1.29 is 19.5 Å². The number of benzene rings is 2. The zero-order valence-corrected chi connectivity index (χ0v) is 14.7. The molecule has 0 saturated heterocycles. The van der Waals surface area contributed by atoms with Gasteiger partial charge in [-0.3, -0.25) is 10.1 Å². The van der Waals surface area contributed by atoms with Crippen molar-refractivity contribution in [2.75, 3.05) is 10.6 Å². The second-order valence-corrected chi connectivity index (χ2v) is 6.49. The molecule has 1 aromatic heterocycles. The number of hydrogen-bond donors (Lipinski definition) is 4. The zero-order chi connectivity index (χ0) is 19.4. The highest BCUT2D eigenvalue weighted by Gasteiger charge is 2.12. The van der Waals surface area contributed by atoms with Crippen molar-refractivity contribution >= 4 is 39.9 Å². The van der Waals surface area contributed by atoms with Crippen molar-refractivity contribution in [2.45, 2.75) is 0 Å². The summed E-state index contributed by atoms with van der Waals surface area (Å²) in [7, 11) is 0. The first-order valence-electron chi connectivity index (χ1n) is 7.83. The van der Waals surface area contributed by atoms with Crippen LogP contribution in [0.25, 0.3) is 11.1 Å². The standard InChI is InChI=1S/C19H15N3O4S/c20-16(23)15-8-9-27-17(15)22-19(26)21-14-6-4-11(5-7-14)12-2-1-3-13(10-12)18(24)25/h1-10H,(H2,20,23)(H,24,25)(H2,21,22,26). The molecule has 5 N–H and O–H groups in total. The number of thiophene rings is 1. The van der Waals surface area contributed by atoms with E-state index in [2.05, 4.69) is 10.6 Å². The van der Waals surface area contributed by atoms with Crippen LogP contribution in [-0.2, 0) is 0 Å². The Labute approximate surface area is 158 Å². The molecule has 0 unspecified atom stereocenters. The first kappa shape index (κ1) is 18.2. The third kappa shape index (κ3) is 4.31. The van der Waals surface area contributed by atoms with E-state index in [0.29, 0.717) is 10.7 Å². The zero-order valence-electron chi connectivity index (χ0n) is 13.9. The van der Waals surface area contributed by atoms with Crippen LogP contribution in [0.1, 0.15) is 20.7 Å². The van der Waals surface area contributed by atoms with Gasteiger partial charge in [0.05, 0.1) is 11.1 Å². The van der Waals surface area contributed by atoms with Gasteiger partial charge in [-0.15, -0.1) is 11.3 Å². The number of amides is 3. The fourth-order valence-electron chi connectivity index (χ4n) is 2.44. The quantitative estimate of drug-likeness (QED) is 0.536. The minimum Gasteiger partial charge on any atom is -0.478 e. The predicted octanol–water partition coefficient (Wildman–Crippen LogP) is 3.86. The van der Waals surface area contributed by atoms with E-state index in [1.54, 1.807) is 47.8 Å². The molecule has 0 atom stereocenters. The number of nitrogens with two attached hydrogens (primary N) is 1. The van der Waals surface area contributed by atoms with Crippen LogP contribution in [0.3, 0.4) is 0 Å². The Morgan fingerprint density at radius 3 is 2.33 bits per heavy atom. The Hall–Kier alpha value is -3.65. The summed E-state index contributed by atoms with van der Waals surface area (Å²) < 4.78 is 0. The van der Waals surface area contributed by atoms with Crippen LogP contribution in [0.4, 0.5) is 15.5 Å². The van der Waals surface area contributed by atoms with E-state index < -0.39 is 17.9 Å². The number of urea groups is 1. The summed E-state index contributed by atoms with van der Waals surface area (Å²) in [6.45, 7) is 0. The van der Waals surface area contributed by atoms with Gasteiger partial charge in [-0.25, -0.2) is 9.59 Å². The first-order chi connectivity index (χ1) is 12.9. The molecule has 3 amide bonds. The predicted molar refractivity (Wildman–Crippen MR) is 104 cm³/mol. The monoisotopic (exact) mass is 381 g/mol. The second kappa shape index (κ2) is 7.71. The topological polar surface area (TPSA) is 122 Å². The van der Waals surface area contributed by atoms with Crippen molar-refractivity contribution in [2.24, 2.45) is 5.73 Å². The van der Waals surface area contributed by atoms with Crippen molar-refractivity contribution in [1.29, 1.82) is 0 Å². The average Bonchev–Trinajstić information content (AvgIpc) is 3.10. The molecule has 2 aromatic carbocycles. The van der Waals surface area contributed by atoms with Gasteiger partial charge in [0.15, 0.2) is 0 Å². The molecular weight excluding hydrogens is 366 g/mol. The lowest BCUT2D eigenvalue weighted by molar-refractivity contribution is 0.0696. The third-order valence-corrected chi connectivity index (χ3v) is 4.57. The molecule has 0 saturated carbocycles. The molecule has 7 nitrogen and oxygen atoms in total. The van der Waals surface area contributed by atoms with Gasteiger partial charge in [-0.2, -0.15) is 0 Å². The van der Waals surface area contributed by atoms with Crippen LogP contribution in [0.15, 0.2) is 60.0 Å². The van der Waals surface area contributed by atoms with E-state index in [1.165, 1.54) is 17.4 Å². The summed E-state index contributed by atoms with van der Waals surface area (Å²) in [4.78, 5) is 34.5. The molecule has 3 aromatic rings. The van der Waals surface area contributed by atoms with E-state index in [9.17, 15) is 14.4 Å². The smallest absolute Gasteiger partial charge is 0.335 e. The molecule has 136 valence electrons. The number of aromatic carboxylic acids is 1. The molecule has 0 fully saturated rings. The van der Waals surface area contributed by atoms with Crippen LogP contribution in [0.2, 0.25) is 0 Å². The Kier molecular flexibility index (Phi) is 5.18. The summed E-state index contributed by atoms with van der Waals surface area (Å²) in [5.41, 5.74) is 7.83. The lowest BCUT2D eigenvalue weighted by atomic mass is 10.0. The molecule has 1 heterocycles. The van der Waals surface area contributed by atoms with Gasteiger partial charge in [0.1, 0.15) is 5.00 Å². The minimum absolute atomic E-state index is 0.204. The lowest BCUT2D eigenvalue weighted by Gasteiger charge is -2.08. The van der Waals surface area contributed by atoms with Crippen molar-refractivity contribution in [1.82, 2.24) is 0 Å². The Balaban J connectivity index is 1.69. The molecule has 0 aliphatic heterocycles. The van der Waals surface area contributed by atoms with E-state index in [1.807, 2.05) is 6.07 Å². The van der Waals surface area contributed by atoms with E-state index in [0.717, 1.165) is 11.1 Å². The number of hydrogen-bond acceptors (Lipinski definition) is 4. The Morgan fingerprint density at radius 2 is 1.67 bits per heavy atom. The van der Waals surface area contributed by atoms with Gasteiger partial charge >= 0.3 is 12.0 Å². The van der Waals surface area contributed by atoms with Gasteiger partial charge in [-0.1, -0.05) is 24.3 Å². The number of primary amides is 1. The normalized spacial score (nSPS) is 10.2. The average molecular weight is 381 g/mol. The number of carbonyl (C=O) groups excluding carboxylic acids is 2. The number of anilines is 2. The fraction of sp³-hybridized carbons (Fsp3) is 0. The molecule has 3 rings (SSSR count). The van der Waals surface area contributed by atoms with Crippen molar-refractivity contribution in [3.63, 3.8) is 0 Å². The van der Waals surface area contributed by atoms with E-state index in [-0.39, 0.29) is 11.1 Å². The van der Waals surface area contributed by atoms with E-state index >= 15 is 0 Å². The molecule has 0 spiro atoms. The minimum atomic E-state index is -0.990. The molecule has 8 heteroatoms. The second-order valence-electron chi connectivity index (χ2n) is 5.57. The molecule has 0 aliphatic carbocycles. The Morgan fingerprint density at radius 1 is 0.926 bits per heavy atom. The van der Waals surface area contributed by atoms with Crippen LogP contribution >= 0.6 is 11.3 Å². The largest absolute Gasteiger partial charge is 0.478 e. The lowest BCUT2D eigenvalue weighted by Crippen LogP contribution is -2.21. The van der Waals surface area contributed by atoms with Gasteiger partial charge in [0, 0.05) is 5.69 Å². The summed E-state index contributed by atoms with van der Waals surface area (Å²) in [5.74, 6) is -1.60. The summed E-state index contributed by atoms with van der Waals surface area (Å²) in [6.07, 6.45) is 0. The fourth-order valence-corrected chi connectivity index (χ4v) is 3.23. The highest BCUT2D eigenvalue weighted by molar-refractivity contribution is 7.14. The SMILES string of the molecule is NC(=O)c1ccsc1NC(=O)Nc1ccc(-c2cccc(C(=O)O)c2)cc1. The number of carbonyl (C=O) groups is 3. The van der Waals surface area contributed by atoms with Crippen molar-refractivity contribution in [3.8, 4) is 11.1 Å². The van der Waals surface area contributed by atoms with E-state index in [4.69, 9.17) is 10.8 Å².